The Balaban J connectivity index is 2.29. The minimum absolute atomic E-state index is 0.0142. The van der Waals surface area contributed by atoms with Crippen molar-refractivity contribution in [2.75, 3.05) is 0 Å². The molecule has 1 fully saturated rings. The smallest absolute Gasteiger partial charge is 0.309 e. The summed E-state index contributed by atoms with van der Waals surface area (Å²) in [5, 5.41) is 9.27. The van der Waals surface area contributed by atoms with E-state index >= 15 is 0 Å². The van der Waals surface area contributed by atoms with Crippen molar-refractivity contribution in [2.45, 2.75) is 136 Å². The lowest BCUT2D eigenvalue weighted by Crippen LogP contribution is -2.31. The van der Waals surface area contributed by atoms with E-state index in [1.165, 1.54) is 57.8 Å². The van der Waals surface area contributed by atoms with Crippen molar-refractivity contribution in [2.24, 2.45) is 17.8 Å². The Hall–Kier alpha value is -1.06. The van der Waals surface area contributed by atoms with Gasteiger partial charge in [-0.3, -0.25) is 9.59 Å². The predicted octanol–water partition coefficient (Wildman–Crippen LogP) is 7.54. The van der Waals surface area contributed by atoms with Crippen molar-refractivity contribution in [1.29, 1.82) is 0 Å². The molecule has 1 N–H and O–H groups in total. The largest absolute Gasteiger partial charge is 0.481 e. The molecule has 3 atom stereocenters. The standard InChI is InChI=1S/C26H48O4/c1-4-5-11-18-24(19-13-10-8-6-7-9-12-15-21(2)3)30-26(29)23-17-14-16-22(20-23)25(27)28/h21-24H,4-20H2,1-3H3,(H,27,28). The number of carbonyl (C=O) groups excluding carboxylic acids is 1. The van der Waals surface area contributed by atoms with Gasteiger partial charge in [-0.05, 0) is 50.9 Å². The van der Waals surface area contributed by atoms with Gasteiger partial charge >= 0.3 is 11.9 Å². The van der Waals surface area contributed by atoms with Gasteiger partial charge in [0.1, 0.15) is 6.10 Å². The molecule has 0 radical (unpaired) electrons. The van der Waals surface area contributed by atoms with E-state index in [1.807, 2.05) is 0 Å². The fraction of sp³-hybridized carbons (Fsp3) is 0.923. The van der Waals surface area contributed by atoms with Crippen molar-refractivity contribution >= 4 is 11.9 Å². The summed E-state index contributed by atoms with van der Waals surface area (Å²) >= 11 is 0. The molecular weight excluding hydrogens is 376 g/mol. The van der Waals surface area contributed by atoms with E-state index in [1.54, 1.807) is 0 Å². The number of hydrogen-bond donors (Lipinski definition) is 1. The van der Waals surface area contributed by atoms with E-state index in [2.05, 4.69) is 20.8 Å². The van der Waals surface area contributed by atoms with Gasteiger partial charge in [-0.15, -0.1) is 0 Å². The summed E-state index contributed by atoms with van der Waals surface area (Å²) in [7, 11) is 0. The molecule has 0 bridgehead atoms. The molecule has 0 spiro atoms. The first-order valence-electron chi connectivity index (χ1n) is 12.9. The molecule has 0 aromatic rings. The number of unbranched alkanes of at least 4 members (excludes halogenated alkanes) is 8. The van der Waals surface area contributed by atoms with Gasteiger partial charge in [0.2, 0.25) is 0 Å². The summed E-state index contributed by atoms with van der Waals surface area (Å²) in [6.45, 7) is 6.78. The number of esters is 1. The summed E-state index contributed by atoms with van der Waals surface area (Å²) in [6, 6.07) is 0. The van der Waals surface area contributed by atoms with Crippen LogP contribution in [0.5, 0.6) is 0 Å². The third-order valence-corrected chi connectivity index (χ3v) is 6.58. The van der Waals surface area contributed by atoms with Gasteiger partial charge in [-0.2, -0.15) is 0 Å². The molecule has 1 saturated carbocycles. The number of hydrogen-bond acceptors (Lipinski definition) is 3. The number of carboxylic acid groups (broad SMARTS) is 1. The number of rotatable bonds is 17. The highest BCUT2D eigenvalue weighted by atomic mass is 16.5. The summed E-state index contributed by atoms with van der Waals surface area (Å²) in [4.78, 5) is 24.0. The van der Waals surface area contributed by atoms with Crippen LogP contribution in [0.4, 0.5) is 0 Å². The van der Waals surface area contributed by atoms with Gasteiger partial charge in [0, 0.05) is 0 Å². The zero-order valence-corrected chi connectivity index (χ0v) is 20.0. The van der Waals surface area contributed by atoms with Crippen molar-refractivity contribution in [3.05, 3.63) is 0 Å². The average molecular weight is 425 g/mol. The Morgan fingerprint density at radius 1 is 0.833 bits per heavy atom. The molecule has 0 saturated heterocycles. The number of aliphatic carboxylic acids is 1. The molecule has 4 nitrogen and oxygen atoms in total. The van der Waals surface area contributed by atoms with Gasteiger partial charge in [0.05, 0.1) is 11.8 Å². The highest BCUT2D eigenvalue weighted by Gasteiger charge is 2.32. The zero-order chi connectivity index (χ0) is 22.2. The van der Waals surface area contributed by atoms with Crippen LogP contribution in [0.15, 0.2) is 0 Å². The molecule has 0 aromatic carbocycles. The van der Waals surface area contributed by atoms with Gasteiger partial charge in [0.25, 0.3) is 0 Å². The molecule has 1 rings (SSSR count). The maximum atomic E-state index is 12.7. The summed E-state index contributed by atoms with van der Waals surface area (Å²) in [6.07, 6.45) is 18.4. The average Bonchev–Trinajstić information content (AvgIpc) is 2.72. The summed E-state index contributed by atoms with van der Waals surface area (Å²) < 4.78 is 5.91. The molecule has 3 unspecified atom stereocenters. The first-order valence-corrected chi connectivity index (χ1v) is 12.9. The van der Waals surface area contributed by atoms with E-state index < -0.39 is 5.97 Å². The fourth-order valence-electron chi connectivity index (χ4n) is 4.58. The molecule has 0 aliphatic heterocycles. The quantitative estimate of drug-likeness (QED) is 0.193. The minimum atomic E-state index is -0.767. The number of ether oxygens (including phenoxy) is 1. The van der Waals surface area contributed by atoms with Gasteiger partial charge in [0.15, 0.2) is 0 Å². The Morgan fingerprint density at radius 3 is 1.93 bits per heavy atom. The van der Waals surface area contributed by atoms with E-state index in [0.29, 0.717) is 12.8 Å². The number of carbonyl (C=O) groups is 2. The fourth-order valence-corrected chi connectivity index (χ4v) is 4.58. The SMILES string of the molecule is CCCCCC(CCCCCCCCCC(C)C)OC(=O)C1CCCC(C(=O)O)C1. The van der Waals surface area contributed by atoms with Gasteiger partial charge in [-0.1, -0.05) is 85.0 Å². The maximum Gasteiger partial charge on any atom is 0.309 e. The van der Waals surface area contributed by atoms with Gasteiger partial charge in [-0.25, -0.2) is 0 Å². The lowest BCUT2D eigenvalue weighted by Gasteiger charge is -2.27. The van der Waals surface area contributed by atoms with Gasteiger partial charge < -0.3 is 9.84 Å². The van der Waals surface area contributed by atoms with Crippen molar-refractivity contribution in [3.63, 3.8) is 0 Å². The minimum Gasteiger partial charge on any atom is -0.481 e. The third-order valence-electron chi connectivity index (χ3n) is 6.58. The molecule has 1 aliphatic carbocycles. The Bertz CT molecular complexity index is 460. The lowest BCUT2D eigenvalue weighted by molar-refractivity contribution is -0.158. The van der Waals surface area contributed by atoms with Crippen molar-refractivity contribution in [1.82, 2.24) is 0 Å². The van der Waals surface area contributed by atoms with Crippen LogP contribution < -0.4 is 0 Å². The highest BCUT2D eigenvalue weighted by Crippen LogP contribution is 2.31. The van der Waals surface area contributed by atoms with Crippen LogP contribution in [0.1, 0.15) is 130 Å². The monoisotopic (exact) mass is 424 g/mol. The van der Waals surface area contributed by atoms with E-state index in [4.69, 9.17) is 4.74 Å². The first-order chi connectivity index (χ1) is 14.4. The second kappa shape index (κ2) is 16.6. The molecule has 176 valence electrons. The molecule has 0 aromatic heterocycles. The molecule has 4 heteroatoms. The molecule has 30 heavy (non-hydrogen) atoms. The van der Waals surface area contributed by atoms with Crippen molar-refractivity contribution < 1.29 is 19.4 Å². The second-order valence-electron chi connectivity index (χ2n) is 9.90. The lowest BCUT2D eigenvalue weighted by atomic mass is 9.81. The molecule has 0 amide bonds. The first kappa shape index (κ1) is 27.0. The number of carboxylic acids is 1. The predicted molar refractivity (Wildman–Crippen MR) is 123 cm³/mol. The van der Waals surface area contributed by atoms with E-state index in [0.717, 1.165) is 44.4 Å². The van der Waals surface area contributed by atoms with Crippen LogP contribution in [0, 0.1) is 17.8 Å². The normalized spacial score (nSPS) is 20.3. The highest BCUT2D eigenvalue weighted by molar-refractivity contribution is 5.75. The topological polar surface area (TPSA) is 63.6 Å². The zero-order valence-electron chi connectivity index (χ0n) is 20.0. The Morgan fingerprint density at radius 2 is 1.37 bits per heavy atom. The second-order valence-corrected chi connectivity index (χ2v) is 9.90. The molecule has 0 heterocycles. The van der Waals surface area contributed by atoms with Crippen LogP contribution in [0.25, 0.3) is 0 Å². The Kier molecular flexibility index (Phi) is 14.9. The Labute approximate surface area is 185 Å². The molecule has 1 aliphatic rings. The van der Waals surface area contributed by atoms with Crippen LogP contribution in [-0.2, 0) is 14.3 Å². The van der Waals surface area contributed by atoms with Crippen LogP contribution in [-0.4, -0.2) is 23.1 Å². The van der Waals surface area contributed by atoms with Crippen LogP contribution in [0.3, 0.4) is 0 Å². The summed E-state index contributed by atoms with van der Waals surface area (Å²) in [5.41, 5.74) is 0. The third kappa shape index (κ3) is 12.6. The maximum absolute atomic E-state index is 12.7. The molecular formula is C26H48O4. The summed E-state index contributed by atoms with van der Waals surface area (Å²) in [5.74, 6) is -0.695. The van der Waals surface area contributed by atoms with E-state index in [-0.39, 0.29) is 23.9 Å². The van der Waals surface area contributed by atoms with Crippen LogP contribution in [0.2, 0.25) is 0 Å². The van der Waals surface area contributed by atoms with E-state index in [9.17, 15) is 14.7 Å². The van der Waals surface area contributed by atoms with Crippen molar-refractivity contribution in [3.8, 4) is 0 Å². The van der Waals surface area contributed by atoms with Crippen LogP contribution >= 0.6 is 0 Å².